The van der Waals surface area contributed by atoms with Crippen molar-refractivity contribution in [3.8, 4) is 5.75 Å². The zero-order valence-electron chi connectivity index (χ0n) is 13.8. The zero-order chi connectivity index (χ0) is 17.0. The molecule has 0 saturated carbocycles. The smallest absolute Gasteiger partial charge is 0.227 e. The maximum Gasteiger partial charge on any atom is 0.227 e. The molecule has 24 heavy (non-hydrogen) atoms. The Bertz CT molecular complexity index is 688. The fourth-order valence-electron chi connectivity index (χ4n) is 2.83. The molecule has 0 bridgehead atoms. The molecule has 1 unspecified atom stereocenters. The number of β-amino-alcohol motifs (C(OH)–C–C–N with tert-alkyl or cyclic N) is 1. The van der Waals surface area contributed by atoms with Gasteiger partial charge in [0, 0.05) is 18.9 Å². The number of amides is 1. The topological polar surface area (TPSA) is 62.7 Å². The van der Waals surface area contributed by atoms with Crippen molar-refractivity contribution < 1.29 is 14.6 Å². The number of likely N-dealkylation sites (tertiary alicyclic amines) is 1. The molecule has 1 saturated heterocycles. The van der Waals surface area contributed by atoms with Crippen molar-refractivity contribution in [2.75, 3.05) is 19.7 Å². The van der Waals surface area contributed by atoms with Gasteiger partial charge in [-0.15, -0.1) is 0 Å². The molecule has 1 amide bonds. The van der Waals surface area contributed by atoms with E-state index in [1.54, 1.807) is 17.3 Å². The number of aromatic nitrogens is 1. The lowest BCUT2D eigenvalue weighted by molar-refractivity contribution is -0.130. The highest BCUT2D eigenvalue weighted by Crippen LogP contribution is 2.24. The molecule has 1 N–H and O–H groups in total. The third kappa shape index (κ3) is 4.11. The van der Waals surface area contributed by atoms with Crippen LogP contribution in [0.4, 0.5) is 0 Å². The van der Waals surface area contributed by atoms with Crippen LogP contribution in [-0.4, -0.2) is 46.2 Å². The number of hydrogen-bond acceptors (Lipinski definition) is 4. The zero-order valence-corrected chi connectivity index (χ0v) is 13.8. The van der Waals surface area contributed by atoms with E-state index in [1.807, 2.05) is 43.3 Å². The van der Waals surface area contributed by atoms with E-state index >= 15 is 0 Å². The summed E-state index contributed by atoms with van der Waals surface area (Å²) in [5.74, 6) is 0.753. The molecular weight excluding hydrogens is 304 g/mol. The third-order valence-electron chi connectivity index (χ3n) is 4.32. The van der Waals surface area contributed by atoms with E-state index in [1.165, 1.54) is 0 Å². The summed E-state index contributed by atoms with van der Waals surface area (Å²) in [7, 11) is 0. The molecule has 3 rings (SSSR count). The normalized spacial score (nSPS) is 20.2. The minimum Gasteiger partial charge on any atom is -0.491 e. The van der Waals surface area contributed by atoms with Crippen LogP contribution in [0.2, 0.25) is 0 Å². The van der Waals surface area contributed by atoms with Gasteiger partial charge < -0.3 is 14.7 Å². The van der Waals surface area contributed by atoms with E-state index in [2.05, 4.69) is 4.98 Å². The number of hydrogen-bond donors (Lipinski definition) is 1. The van der Waals surface area contributed by atoms with Gasteiger partial charge in [-0.2, -0.15) is 0 Å². The van der Waals surface area contributed by atoms with Crippen molar-refractivity contribution in [1.82, 2.24) is 9.88 Å². The van der Waals surface area contributed by atoms with Gasteiger partial charge in [0.1, 0.15) is 18.0 Å². The Labute approximate surface area is 141 Å². The third-order valence-corrected chi connectivity index (χ3v) is 4.32. The molecule has 1 atom stereocenters. The second-order valence-electron chi connectivity index (χ2n) is 6.42. The summed E-state index contributed by atoms with van der Waals surface area (Å²) in [4.78, 5) is 18.0. The highest BCUT2D eigenvalue weighted by Gasteiger charge is 2.38. The van der Waals surface area contributed by atoms with E-state index in [0.29, 0.717) is 25.9 Å². The number of carbonyl (C=O) groups is 1. The molecule has 1 aromatic carbocycles. The molecule has 0 radical (unpaired) electrons. The van der Waals surface area contributed by atoms with Gasteiger partial charge in [0.2, 0.25) is 5.91 Å². The maximum absolute atomic E-state index is 12.4. The molecule has 0 aliphatic carbocycles. The Morgan fingerprint density at radius 3 is 2.67 bits per heavy atom. The summed E-state index contributed by atoms with van der Waals surface area (Å²) >= 11 is 0. The number of benzene rings is 1. The van der Waals surface area contributed by atoms with Crippen molar-refractivity contribution in [3.05, 3.63) is 59.9 Å². The average molecular weight is 326 g/mol. The molecule has 1 aliphatic rings. The largest absolute Gasteiger partial charge is 0.491 e. The Hall–Kier alpha value is -2.40. The number of nitrogens with zero attached hydrogens (tertiary/aromatic N) is 2. The fourth-order valence-corrected chi connectivity index (χ4v) is 2.83. The number of pyridine rings is 1. The van der Waals surface area contributed by atoms with Crippen LogP contribution in [0.15, 0.2) is 48.8 Å². The molecule has 2 heterocycles. The molecule has 126 valence electrons. The average Bonchev–Trinajstić information content (AvgIpc) is 2.98. The molecule has 1 aromatic heterocycles. The summed E-state index contributed by atoms with van der Waals surface area (Å²) < 4.78 is 5.70. The van der Waals surface area contributed by atoms with Gasteiger partial charge in [-0.25, -0.2) is 0 Å². The number of rotatable bonds is 5. The monoisotopic (exact) mass is 326 g/mol. The number of carbonyl (C=O) groups excluding carboxylic acids is 1. The van der Waals surface area contributed by atoms with Crippen molar-refractivity contribution in [2.24, 2.45) is 0 Å². The van der Waals surface area contributed by atoms with Crippen molar-refractivity contribution in [3.63, 3.8) is 0 Å². The minimum atomic E-state index is -0.987. The van der Waals surface area contributed by atoms with Crippen LogP contribution in [-0.2, 0) is 11.2 Å². The number of ether oxygens (including phenoxy) is 1. The van der Waals surface area contributed by atoms with E-state index in [0.717, 1.165) is 16.9 Å². The van der Waals surface area contributed by atoms with Gasteiger partial charge >= 0.3 is 0 Å². The molecule has 5 heteroatoms. The van der Waals surface area contributed by atoms with E-state index in [-0.39, 0.29) is 12.5 Å². The first-order valence-electron chi connectivity index (χ1n) is 8.13. The second-order valence-corrected chi connectivity index (χ2v) is 6.42. The van der Waals surface area contributed by atoms with Gasteiger partial charge in [-0.05, 0) is 43.2 Å². The lowest BCUT2D eigenvalue weighted by atomic mass is 10.1. The minimum absolute atomic E-state index is 0.0208. The lowest BCUT2D eigenvalue weighted by Crippen LogP contribution is -2.41. The quantitative estimate of drug-likeness (QED) is 0.912. The molecule has 5 nitrogen and oxygen atoms in total. The fraction of sp³-hybridized carbons (Fsp3) is 0.368. The summed E-state index contributed by atoms with van der Waals surface area (Å²) in [6.45, 7) is 3.07. The Balaban J connectivity index is 1.53. The van der Waals surface area contributed by atoms with Gasteiger partial charge in [0.05, 0.1) is 13.0 Å². The lowest BCUT2D eigenvalue weighted by Gasteiger charge is -2.23. The van der Waals surface area contributed by atoms with Crippen LogP contribution >= 0.6 is 0 Å². The summed E-state index contributed by atoms with van der Waals surface area (Å²) in [6.07, 6.45) is 4.22. The molecule has 0 spiro atoms. The van der Waals surface area contributed by atoms with Crippen LogP contribution < -0.4 is 4.74 Å². The molecule has 1 fully saturated rings. The standard InChI is InChI=1S/C19H22N2O3/c1-15-2-4-17(5-3-15)24-14-19(23)8-11-21(13-19)18(22)12-16-6-9-20-10-7-16/h2-7,9-10,23H,8,11-14H2,1H3. The SMILES string of the molecule is Cc1ccc(OCC2(O)CCN(C(=O)Cc3ccncc3)C2)cc1. The van der Waals surface area contributed by atoms with Crippen LogP contribution in [0.25, 0.3) is 0 Å². The van der Waals surface area contributed by atoms with Gasteiger partial charge in [0.25, 0.3) is 0 Å². The number of aryl methyl sites for hydroxylation is 1. The van der Waals surface area contributed by atoms with Crippen molar-refractivity contribution in [1.29, 1.82) is 0 Å². The van der Waals surface area contributed by atoms with E-state index < -0.39 is 5.60 Å². The highest BCUT2D eigenvalue weighted by atomic mass is 16.5. The highest BCUT2D eigenvalue weighted by molar-refractivity contribution is 5.79. The van der Waals surface area contributed by atoms with Gasteiger partial charge in [0.15, 0.2) is 0 Å². The second kappa shape index (κ2) is 7.01. The van der Waals surface area contributed by atoms with Gasteiger partial charge in [-0.3, -0.25) is 9.78 Å². The Kier molecular flexibility index (Phi) is 4.81. The van der Waals surface area contributed by atoms with Crippen LogP contribution in [0.1, 0.15) is 17.5 Å². The molecule has 2 aromatic rings. The number of aliphatic hydroxyl groups is 1. The first-order chi connectivity index (χ1) is 11.5. The maximum atomic E-state index is 12.4. The van der Waals surface area contributed by atoms with E-state index in [4.69, 9.17) is 4.74 Å². The summed E-state index contributed by atoms with van der Waals surface area (Å²) in [5, 5.41) is 10.7. The van der Waals surface area contributed by atoms with Gasteiger partial charge in [-0.1, -0.05) is 17.7 Å². The molecular formula is C19H22N2O3. The predicted molar refractivity (Wildman–Crippen MR) is 90.8 cm³/mol. The Morgan fingerprint density at radius 2 is 1.96 bits per heavy atom. The summed E-state index contributed by atoms with van der Waals surface area (Å²) in [5.41, 5.74) is 1.11. The first kappa shape index (κ1) is 16.5. The van der Waals surface area contributed by atoms with E-state index in [9.17, 15) is 9.90 Å². The summed E-state index contributed by atoms with van der Waals surface area (Å²) in [6, 6.07) is 11.4. The van der Waals surface area contributed by atoms with Crippen LogP contribution in [0.3, 0.4) is 0 Å². The predicted octanol–water partition coefficient (Wildman–Crippen LogP) is 1.97. The first-order valence-corrected chi connectivity index (χ1v) is 8.13. The van der Waals surface area contributed by atoms with Crippen LogP contribution in [0, 0.1) is 6.92 Å². The van der Waals surface area contributed by atoms with Crippen molar-refractivity contribution in [2.45, 2.75) is 25.4 Å². The van der Waals surface area contributed by atoms with Crippen LogP contribution in [0.5, 0.6) is 5.75 Å². The molecule has 1 aliphatic heterocycles. The van der Waals surface area contributed by atoms with Crippen molar-refractivity contribution >= 4 is 5.91 Å². The Morgan fingerprint density at radius 1 is 1.25 bits per heavy atom.